The molecule has 0 heterocycles. The van der Waals surface area contributed by atoms with Crippen molar-refractivity contribution >= 4 is 28.9 Å². The zero-order valence-electron chi connectivity index (χ0n) is 12.1. The molecule has 112 valence electrons. The van der Waals surface area contributed by atoms with Crippen LogP contribution in [0.5, 0.6) is 0 Å². The van der Waals surface area contributed by atoms with Gasteiger partial charge in [-0.05, 0) is 36.1 Å². The van der Waals surface area contributed by atoms with Crippen molar-refractivity contribution in [3.05, 3.63) is 63.4 Å². The van der Waals surface area contributed by atoms with Gasteiger partial charge in [0, 0.05) is 5.69 Å². The minimum Gasteiger partial charge on any atom is -0.378 e. The molecule has 2 rings (SSSR count). The highest BCUT2D eigenvalue weighted by atomic mass is 35.5. The second-order valence-corrected chi connectivity index (χ2v) is 5.77. The molecule has 0 fully saturated rings. The first-order valence-corrected chi connectivity index (χ1v) is 7.80. The van der Waals surface area contributed by atoms with E-state index < -0.39 is 5.82 Å². The van der Waals surface area contributed by atoms with Crippen LogP contribution in [0.15, 0.2) is 36.4 Å². The Kier molecular flexibility index (Phi) is 5.49. The molecule has 1 unspecified atom stereocenters. The smallest absolute Gasteiger partial charge is 0.160 e. The molecule has 0 spiro atoms. The molecule has 1 atom stereocenters. The predicted octanol–water partition coefficient (Wildman–Crippen LogP) is 6.26. The van der Waals surface area contributed by atoms with E-state index in [4.69, 9.17) is 23.2 Å². The quantitative estimate of drug-likeness (QED) is 0.640. The Morgan fingerprint density at radius 1 is 1.05 bits per heavy atom. The van der Waals surface area contributed by atoms with Gasteiger partial charge in [0.05, 0.1) is 16.1 Å². The van der Waals surface area contributed by atoms with Gasteiger partial charge in [-0.25, -0.2) is 4.39 Å². The molecule has 0 aliphatic heterocycles. The van der Waals surface area contributed by atoms with Gasteiger partial charge in [-0.3, -0.25) is 0 Å². The molecule has 0 amide bonds. The van der Waals surface area contributed by atoms with Gasteiger partial charge in [-0.15, -0.1) is 0 Å². The van der Waals surface area contributed by atoms with Gasteiger partial charge in [0.25, 0.3) is 0 Å². The molecule has 1 nitrogen and oxygen atoms in total. The number of halogens is 3. The Hall–Kier alpha value is -1.25. The molecule has 2 aromatic rings. The number of anilines is 1. The van der Waals surface area contributed by atoms with E-state index in [1.807, 2.05) is 0 Å². The van der Waals surface area contributed by atoms with Crippen LogP contribution in [0.1, 0.15) is 37.4 Å². The zero-order valence-corrected chi connectivity index (χ0v) is 13.6. The Labute approximate surface area is 135 Å². The molecule has 4 heteroatoms. The minimum absolute atomic E-state index is 0.0289. The minimum atomic E-state index is -0.579. The fraction of sp³-hybridized carbons (Fsp3) is 0.294. The van der Waals surface area contributed by atoms with Crippen molar-refractivity contribution in [3.8, 4) is 0 Å². The molecule has 1 N–H and O–H groups in total. The Morgan fingerprint density at radius 3 is 2.10 bits per heavy atom. The van der Waals surface area contributed by atoms with Crippen molar-refractivity contribution in [2.75, 3.05) is 5.32 Å². The average molecular weight is 326 g/mol. The van der Waals surface area contributed by atoms with Crippen molar-refractivity contribution in [2.24, 2.45) is 0 Å². The highest BCUT2D eigenvalue weighted by Gasteiger charge is 2.12. The highest BCUT2D eigenvalue weighted by Crippen LogP contribution is 2.30. The van der Waals surface area contributed by atoms with Crippen LogP contribution in [0, 0.1) is 5.82 Å². The maximum Gasteiger partial charge on any atom is 0.160 e. The molecule has 21 heavy (non-hydrogen) atoms. The summed E-state index contributed by atoms with van der Waals surface area (Å²) >= 11 is 11.7. The van der Waals surface area contributed by atoms with Gasteiger partial charge in [-0.1, -0.05) is 61.3 Å². The van der Waals surface area contributed by atoms with Gasteiger partial charge in [0.15, 0.2) is 5.82 Å². The average Bonchev–Trinajstić information content (AvgIpc) is 2.50. The molecule has 2 aromatic carbocycles. The third kappa shape index (κ3) is 3.90. The van der Waals surface area contributed by atoms with Crippen molar-refractivity contribution in [1.82, 2.24) is 0 Å². The molecular formula is C17H18Cl2FN. The van der Waals surface area contributed by atoms with E-state index in [2.05, 4.69) is 43.4 Å². The SMILES string of the molecule is CCc1ccc(C(CC)Nc2cc(Cl)c(F)c(Cl)c2)cc1. The molecule has 0 aliphatic carbocycles. The summed E-state index contributed by atoms with van der Waals surface area (Å²) in [4.78, 5) is 0. The second kappa shape index (κ2) is 7.15. The monoisotopic (exact) mass is 325 g/mol. The first-order valence-electron chi connectivity index (χ1n) is 7.05. The van der Waals surface area contributed by atoms with Gasteiger partial charge < -0.3 is 5.32 Å². The fourth-order valence-electron chi connectivity index (χ4n) is 2.25. The fourth-order valence-corrected chi connectivity index (χ4v) is 2.73. The number of rotatable bonds is 5. The number of hydrogen-bond donors (Lipinski definition) is 1. The Balaban J connectivity index is 2.22. The zero-order chi connectivity index (χ0) is 15.4. The van der Waals surface area contributed by atoms with E-state index in [1.54, 1.807) is 12.1 Å². The Morgan fingerprint density at radius 2 is 1.62 bits per heavy atom. The number of aryl methyl sites for hydroxylation is 1. The van der Waals surface area contributed by atoms with Gasteiger partial charge >= 0.3 is 0 Å². The van der Waals surface area contributed by atoms with Crippen LogP contribution < -0.4 is 5.32 Å². The molecular weight excluding hydrogens is 308 g/mol. The molecule has 0 aromatic heterocycles. The van der Waals surface area contributed by atoms with Crippen molar-refractivity contribution in [3.63, 3.8) is 0 Å². The summed E-state index contributed by atoms with van der Waals surface area (Å²) in [6, 6.07) is 11.7. The van der Waals surface area contributed by atoms with Crippen LogP contribution in [-0.2, 0) is 6.42 Å². The highest BCUT2D eigenvalue weighted by molar-refractivity contribution is 6.35. The predicted molar refractivity (Wildman–Crippen MR) is 88.9 cm³/mol. The summed E-state index contributed by atoms with van der Waals surface area (Å²) < 4.78 is 13.4. The lowest BCUT2D eigenvalue weighted by molar-refractivity contribution is 0.628. The molecule has 0 saturated carbocycles. The third-order valence-electron chi connectivity index (χ3n) is 3.52. The summed E-state index contributed by atoms with van der Waals surface area (Å²) in [6.07, 6.45) is 1.92. The lowest BCUT2D eigenvalue weighted by Crippen LogP contribution is -2.10. The van der Waals surface area contributed by atoms with Gasteiger partial charge in [-0.2, -0.15) is 0 Å². The third-order valence-corrected chi connectivity index (χ3v) is 4.07. The van der Waals surface area contributed by atoms with Crippen LogP contribution in [0.2, 0.25) is 10.0 Å². The number of benzene rings is 2. The van der Waals surface area contributed by atoms with Crippen LogP contribution in [-0.4, -0.2) is 0 Å². The van der Waals surface area contributed by atoms with E-state index in [0.717, 1.165) is 18.5 Å². The number of nitrogens with one attached hydrogen (secondary N) is 1. The summed E-state index contributed by atoms with van der Waals surface area (Å²) in [5.74, 6) is -0.579. The van der Waals surface area contributed by atoms with E-state index in [9.17, 15) is 4.39 Å². The van der Waals surface area contributed by atoms with Crippen LogP contribution in [0.3, 0.4) is 0 Å². The molecule has 0 aliphatic rings. The van der Waals surface area contributed by atoms with Crippen LogP contribution in [0.25, 0.3) is 0 Å². The molecule has 0 radical (unpaired) electrons. The lowest BCUT2D eigenvalue weighted by Gasteiger charge is -2.19. The lowest BCUT2D eigenvalue weighted by atomic mass is 10.0. The van der Waals surface area contributed by atoms with Crippen LogP contribution >= 0.6 is 23.2 Å². The van der Waals surface area contributed by atoms with Crippen molar-refractivity contribution in [1.29, 1.82) is 0 Å². The standard InChI is InChI=1S/C17H18Cl2FN/c1-3-11-5-7-12(8-6-11)16(4-2)21-13-9-14(18)17(20)15(19)10-13/h5-10,16,21H,3-4H2,1-2H3. The first kappa shape index (κ1) is 16.1. The molecule has 0 saturated heterocycles. The van der Waals surface area contributed by atoms with Gasteiger partial charge in [0.1, 0.15) is 0 Å². The topological polar surface area (TPSA) is 12.0 Å². The van der Waals surface area contributed by atoms with Gasteiger partial charge in [0.2, 0.25) is 0 Å². The first-order chi connectivity index (χ1) is 10.0. The number of hydrogen-bond acceptors (Lipinski definition) is 1. The summed E-state index contributed by atoms with van der Waals surface area (Å²) in [6.45, 7) is 4.23. The van der Waals surface area contributed by atoms with E-state index in [-0.39, 0.29) is 16.1 Å². The second-order valence-electron chi connectivity index (χ2n) is 4.95. The van der Waals surface area contributed by atoms with E-state index in [0.29, 0.717) is 0 Å². The van der Waals surface area contributed by atoms with E-state index >= 15 is 0 Å². The summed E-state index contributed by atoms with van der Waals surface area (Å²) in [5.41, 5.74) is 3.21. The Bertz CT molecular complexity index is 588. The largest absolute Gasteiger partial charge is 0.378 e. The summed E-state index contributed by atoms with van der Waals surface area (Å²) in [7, 11) is 0. The van der Waals surface area contributed by atoms with E-state index in [1.165, 1.54) is 11.1 Å². The van der Waals surface area contributed by atoms with Crippen molar-refractivity contribution in [2.45, 2.75) is 32.7 Å². The van der Waals surface area contributed by atoms with Crippen molar-refractivity contribution < 1.29 is 4.39 Å². The maximum absolute atomic E-state index is 13.4. The molecule has 0 bridgehead atoms. The van der Waals surface area contributed by atoms with Crippen LogP contribution in [0.4, 0.5) is 10.1 Å². The normalized spacial score (nSPS) is 12.2. The maximum atomic E-state index is 13.4. The summed E-state index contributed by atoms with van der Waals surface area (Å²) in [5, 5.41) is 3.41.